The Morgan fingerprint density at radius 1 is 1.53 bits per heavy atom. The van der Waals surface area contributed by atoms with Crippen LogP contribution in [0.3, 0.4) is 0 Å². The molecule has 9 heteroatoms. The number of nitrogens with zero attached hydrogens (tertiary/aromatic N) is 1. The maximum Gasteiger partial charge on any atom is 0.244 e. The van der Waals surface area contributed by atoms with Crippen LogP contribution in [0.25, 0.3) is 0 Å². The quantitative estimate of drug-likeness (QED) is 0.381. The van der Waals surface area contributed by atoms with E-state index in [0.717, 1.165) is 0 Å². The predicted molar refractivity (Wildman–Crippen MR) is 76.0 cm³/mol. The van der Waals surface area contributed by atoms with Gasteiger partial charge in [-0.25, -0.2) is 24.0 Å². The lowest BCUT2D eigenvalue weighted by molar-refractivity contribution is 0.0834. The number of ether oxygens (including phenoxy) is 1. The summed E-state index contributed by atoms with van der Waals surface area (Å²) >= 11 is 3.17. The highest BCUT2D eigenvalue weighted by Gasteiger charge is 2.19. The Kier molecular flexibility index (Phi) is 6.14. The van der Waals surface area contributed by atoms with E-state index in [1.54, 1.807) is 0 Å². The SMILES string of the molecule is CC(C)OCCNS(=O)(=O)c1cc(Br)cnc1NN. The minimum absolute atomic E-state index is 0.0195. The van der Waals surface area contributed by atoms with Crippen LogP contribution < -0.4 is 16.0 Å². The van der Waals surface area contributed by atoms with Crippen molar-refractivity contribution in [3.05, 3.63) is 16.7 Å². The number of anilines is 1. The zero-order valence-corrected chi connectivity index (χ0v) is 13.1. The van der Waals surface area contributed by atoms with E-state index in [2.05, 4.69) is 31.1 Å². The molecule has 1 heterocycles. The number of pyridine rings is 1. The summed E-state index contributed by atoms with van der Waals surface area (Å²) in [5.41, 5.74) is 2.26. The van der Waals surface area contributed by atoms with E-state index in [1.807, 2.05) is 13.8 Å². The van der Waals surface area contributed by atoms with Crippen LogP contribution in [0.15, 0.2) is 21.6 Å². The van der Waals surface area contributed by atoms with Crippen molar-refractivity contribution in [2.24, 2.45) is 5.84 Å². The van der Waals surface area contributed by atoms with Gasteiger partial charge in [0.05, 0.1) is 12.7 Å². The van der Waals surface area contributed by atoms with Crippen LogP contribution in [0.5, 0.6) is 0 Å². The second kappa shape index (κ2) is 7.15. The lowest BCUT2D eigenvalue weighted by Crippen LogP contribution is -2.29. The molecule has 0 aliphatic carbocycles. The summed E-state index contributed by atoms with van der Waals surface area (Å²) in [5, 5.41) is 0. The van der Waals surface area contributed by atoms with Gasteiger partial charge in [-0.3, -0.25) is 0 Å². The minimum Gasteiger partial charge on any atom is -0.377 e. The first-order valence-corrected chi connectivity index (χ1v) is 7.88. The van der Waals surface area contributed by atoms with Gasteiger partial charge >= 0.3 is 0 Å². The summed E-state index contributed by atoms with van der Waals surface area (Å²) in [4.78, 5) is 3.87. The highest BCUT2D eigenvalue weighted by atomic mass is 79.9. The van der Waals surface area contributed by atoms with E-state index in [9.17, 15) is 8.42 Å². The zero-order chi connectivity index (χ0) is 14.5. The third-order valence-corrected chi connectivity index (χ3v) is 4.00. The van der Waals surface area contributed by atoms with Crippen molar-refractivity contribution in [2.45, 2.75) is 24.8 Å². The number of nitrogen functional groups attached to an aromatic ring is 1. The fourth-order valence-electron chi connectivity index (χ4n) is 1.28. The average molecular weight is 353 g/mol. The van der Waals surface area contributed by atoms with E-state index >= 15 is 0 Å². The number of rotatable bonds is 7. The Hall–Kier alpha value is -0.740. The number of sulfonamides is 1. The number of hydrogen-bond donors (Lipinski definition) is 3. The van der Waals surface area contributed by atoms with Crippen molar-refractivity contribution in [3.63, 3.8) is 0 Å². The predicted octanol–water partition coefficient (Wildman–Crippen LogP) is 0.833. The second-order valence-corrected chi connectivity index (χ2v) is 6.61. The van der Waals surface area contributed by atoms with Gasteiger partial charge < -0.3 is 10.2 Å². The molecule has 0 aromatic carbocycles. The lowest BCUT2D eigenvalue weighted by Gasteiger charge is -2.11. The topological polar surface area (TPSA) is 106 Å². The maximum absolute atomic E-state index is 12.1. The second-order valence-electron chi connectivity index (χ2n) is 3.96. The van der Waals surface area contributed by atoms with E-state index in [-0.39, 0.29) is 23.4 Å². The van der Waals surface area contributed by atoms with Crippen molar-refractivity contribution in [1.82, 2.24) is 9.71 Å². The summed E-state index contributed by atoms with van der Waals surface area (Å²) in [5.74, 6) is 5.33. The molecule has 0 spiro atoms. The van der Waals surface area contributed by atoms with Crippen LogP contribution in [0.2, 0.25) is 0 Å². The summed E-state index contributed by atoms with van der Waals surface area (Å²) in [6.45, 7) is 4.23. The molecule has 19 heavy (non-hydrogen) atoms. The summed E-state index contributed by atoms with van der Waals surface area (Å²) in [6, 6.07) is 1.42. The first-order chi connectivity index (χ1) is 8.86. The molecular formula is C10H17BrN4O3S. The molecule has 1 rings (SSSR count). The molecule has 0 aliphatic heterocycles. The van der Waals surface area contributed by atoms with Crippen LogP contribution in [0.4, 0.5) is 5.82 Å². The number of nitrogens with one attached hydrogen (secondary N) is 2. The molecular weight excluding hydrogens is 336 g/mol. The number of nitrogens with two attached hydrogens (primary N) is 1. The van der Waals surface area contributed by atoms with Gasteiger partial charge in [-0.05, 0) is 35.8 Å². The Bertz CT molecular complexity index is 522. The van der Waals surface area contributed by atoms with E-state index in [0.29, 0.717) is 11.1 Å². The third kappa shape index (κ3) is 5.03. The minimum atomic E-state index is -3.69. The molecule has 0 radical (unpaired) electrons. The molecule has 0 fully saturated rings. The van der Waals surface area contributed by atoms with Crippen LogP contribution in [-0.4, -0.2) is 32.7 Å². The van der Waals surface area contributed by atoms with Gasteiger partial charge in [-0.2, -0.15) is 0 Å². The summed E-state index contributed by atoms with van der Waals surface area (Å²) in [6.07, 6.45) is 1.51. The summed E-state index contributed by atoms with van der Waals surface area (Å²) < 4.78 is 32.4. The molecule has 0 bridgehead atoms. The molecule has 4 N–H and O–H groups in total. The van der Waals surface area contributed by atoms with Crippen LogP contribution in [0.1, 0.15) is 13.8 Å². The normalized spacial score (nSPS) is 11.8. The highest BCUT2D eigenvalue weighted by Crippen LogP contribution is 2.21. The van der Waals surface area contributed by atoms with E-state index in [4.69, 9.17) is 10.6 Å². The summed E-state index contributed by atoms with van der Waals surface area (Å²) in [7, 11) is -3.69. The Labute approximate surface area is 121 Å². The van der Waals surface area contributed by atoms with Gasteiger partial charge in [0.25, 0.3) is 0 Å². The van der Waals surface area contributed by atoms with Crippen molar-refractivity contribution in [1.29, 1.82) is 0 Å². The van der Waals surface area contributed by atoms with Crippen LogP contribution in [-0.2, 0) is 14.8 Å². The molecule has 0 aliphatic rings. The Balaban J connectivity index is 2.79. The number of aromatic nitrogens is 1. The molecule has 0 saturated carbocycles. The smallest absolute Gasteiger partial charge is 0.244 e. The zero-order valence-electron chi connectivity index (χ0n) is 10.7. The van der Waals surface area contributed by atoms with Gasteiger partial charge in [0.2, 0.25) is 10.0 Å². The lowest BCUT2D eigenvalue weighted by atomic mass is 10.5. The van der Waals surface area contributed by atoms with Gasteiger partial charge in [0.1, 0.15) is 4.90 Å². The average Bonchev–Trinajstić information content (AvgIpc) is 2.34. The largest absolute Gasteiger partial charge is 0.377 e. The maximum atomic E-state index is 12.1. The van der Waals surface area contributed by atoms with Crippen molar-refractivity contribution in [3.8, 4) is 0 Å². The van der Waals surface area contributed by atoms with Crippen molar-refractivity contribution < 1.29 is 13.2 Å². The standard InChI is InChI=1S/C10H17BrN4O3S/c1-7(2)18-4-3-14-19(16,17)9-5-8(11)6-13-10(9)15-12/h5-7,14H,3-4,12H2,1-2H3,(H,13,15). The van der Waals surface area contributed by atoms with Gasteiger partial charge in [0, 0.05) is 17.2 Å². The fourth-order valence-corrected chi connectivity index (χ4v) is 2.92. The molecule has 0 saturated heterocycles. The van der Waals surface area contributed by atoms with Gasteiger partial charge in [-0.15, -0.1) is 0 Å². The third-order valence-electron chi connectivity index (χ3n) is 2.09. The first-order valence-electron chi connectivity index (χ1n) is 5.60. The fraction of sp³-hybridized carbons (Fsp3) is 0.500. The number of hydrazine groups is 1. The molecule has 0 amide bonds. The van der Waals surface area contributed by atoms with E-state index < -0.39 is 10.0 Å². The number of halogens is 1. The molecule has 0 unspecified atom stereocenters. The van der Waals surface area contributed by atoms with Crippen molar-refractivity contribution >= 4 is 31.8 Å². The van der Waals surface area contributed by atoms with Crippen LogP contribution >= 0.6 is 15.9 Å². The molecule has 7 nitrogen and oxygen atoms in total. The van der Waals surface area contributed by atoms with E-state index in [1.165, 1.54) is 12.3 Å². The van der Waals surface area contributed by atoms with Crippen LogP contribution in [0, 0.1) is 0 Å². The molecule has 108 valence electrons. The molecule has 1 aromatic rings. The van der Waals surface area contributed by atoms with Gasteiger partial charge in [0.15, 0.2) is 5.82 Å². The van der Waals surface area contributed by atoms with Gasteiger partial charge in [-0.1, -0.05) is 0 Å². The Morgan fingerprint density at radius 3 is 2.79 bits per heavy atom. The first kappa shape index (κ1) is 16.3. The Morgan fingerprint density at radius 2 is 2.21 bits per heavy atom. The molecule has 1 aromatic heterocycles. The molecule has 0 atom stereocenters. The number of hydrogen-bond acceptors (Lipinski definition) is 6. The highest BCUT2D eigenvalue weighted by molar-refractivity contribution is 9.10. The van der Waals surface area contributed by atoms with Crippen molar-refractivity contribution in [2.75, 3.05) is 18.6 Å². The monoisotopic (exact) mass is 352 g/mol.